The van der Waals surface area contributed by atoms with Gasteiger partial charge in [-0.2, -0.15) is 0 Å². The smallest absolute Gasteiger partial charge is 0.238 e. The van der Waals surface area contributed by atoms with E-state index in [0.717, 1.165) is 11.3 Å². The monoisotopic (exact) mass is 408 g/mol. The first-order chi connectivity index (χ1) is 14.0. The van der Waals surface area contributed by atoms with Crippen LogP contribution in [-0.4, -0.2) is 30.2 Å². The van der Waals surface area contributed by atoms with Gasteiger partial charge in [0.25, 0.3) is 0 Å². The molecule has 0 saturated heterocycles. The first-order valence-electron chi connectivity index (χ1n) is 9.32. The Labute approximate surface area is 174 Å². The molecule has 150 valence electrons. The van der Waals surface area contributed by atoms with Crippen LogP contribution in [0.25, 0.3) is 0 Å². The molecule has 6 heteroatoms. The molecule has 0 spiro atoms. The van der Waals surface area contributed by atoms with Gasteiger partial charge in [0.15, 0.2) is 5.78 Å². The van der Waals surface area contributed by atoms with Crippen LogP contribution < -0.4 is 10.1 Å². The third kappa shape index (κ3) is 6.01. The molecule has 1 heterocycles. The molecule has 29 heavy (non-hydrogen) atoms. The van der Waals surface area contributed by atoms with Gasteiger partial charge in [-0.15, -0.1) is 11.3 Å². The van der Waals surface area contributed by atoms with Gasteiger partial charge in [-0.05, 0) is 36.6 Å². The quantitative estimate of drug-likeness (QED) is 0.526. The number of hydrogen-bond acceptors (Lipinski definition) is 5. The molecule has 0 aliphatic rings. The van der Waals surface area contributed by atoms with Crippen LogP contribution in [0.5, 0.6) is 5.75 Å². The zero-order valence-electron chi connectivity index (χ0n) is 16.6. The van der Waals surface area contributed by atoms with Crippen LogP contribution in [0.1, 0.15) is 27.7 Å². The average Bonchev–Trinajstić information content (AvgIpc) is 3.21. The number of para-hydroxylation sites is 1. The van der Waals surface area contributed by atoms with E-state index in [1.165, 1.54) is 11.8 Å². The second-order valence-corrected chi connectivity index (χ2v) is 7.75. The molecule has 0 saturated carbocycles. The zero-order valence-corrected chi connectivity index (χ0v) is 17.4. The number of rotatable bonds is 9. The maximum Gasteiger partial charge on any atom is 0.238 e. The van der Waals surface area contributed by atoms with Crippen molar-refractivity contribution in [3.05, 3.63) is 82.0 Å². The van der Waals surface area contributed by atoms with Crippen LogP contribution in [0.2, 0.25) is 0 Å². The fraction of sp³-hybridized carbons (Fsp3) is 0.217. The predicted molar refractivity (Wildman–Crippen MR) is 117 cm³/mol. The lowest BCUT2D eigenvalue weighted by molar-refractivity contribution is -0.117. The summed E-state index contributed by atoms with van der Waals surface area (Å²) in [6, 6.07) is 18.9. The summed E-state index contributed by atoms with van der Waals surface area (Å²) in [7, 11) is 1.65. The molecule has 3 rings (SSSR count). The van der Waals surface area contributed by atoms with Crippen molar-refractivity contribution >= 4 is 28.7 Å². The molecule has 0 radical (unpaired) electrons. The Hall–Kier alpha value is -2.96. The van der Waals surface area contributed by atoms with E-state index in [0.29, 0.717) is 24.3 Å². The molecule has 0 unspecified atom stereocenters. The van der Waals surface area contributed by atoms with Crippen molar-refractivity contribution in [2.75, 3.05) is 19.0 Å². The Morgan fingerprint density at radius 3 is 2.59 bits per heavy atom. The highest BCUT2D eigenvalue weighted by atomic mass is 32.1. The van der Waals surface area contributed by atoms with Crippen molar-refractivity contribution in [3.8, 4) is 5.75 Å². The Balaban J connectivity index is 1.73. The van der Waals surface area contributed by atoms with Crippen LogP contribution in [-0.2, 0) is 17.9 Å². The first-order valence-corrected chi connectivity index (χ1v) is 10.2. The van der Waals surface area contributed by atoms with Crippen molar-refractivity contribution in [3.63, 3.8) is 0 Å². The molecule has 1 aromatic heterocycles. The number of ketones is 1. The van der Waals surface area contributed by atoms with Gasteiger partial charge in [-0.1, -0.05) is 36.4 Å². The van der Waals surface area contributed by atoms with Crippen molar-refractivity contribution in [2.45, 2.75) is 20.0 Å². The molecule has 0 fully saturated rings. The Morgan fingerprint density at radius 1 is 1.03 bits per heavy atom. The predicted octanol–water partition coefficient (Wildman–Crippen LogP) is 4.60. The third-order valence-corrected chi connectivity index (χ3v) is 5.33. The van der Waals surface area contributed by atoms with Gasteiger partial charge in [0.05, 0.1) is 13.7 Å². The SMILES string of the molecule is COc1ccccc1CN(CC(=O)Nc1cccc(C(C)=O)c1)Cc1cccs1. The van der Waals surface area contributed by atoms with Crippen LogP contribution in [0.3, 0.4) is 0 Å². The minimum atomic E-state index is -0.128. The summed E-state index contributed by atoms with van der Waals surface area (Å²) in [5.41, 5.74) is 2.22. The number of Topliss-reactive ketones (excluding diaryl/α,β-unsaturated/α-hetero) is 1. The van der Waals surface area contributed by atoms with Crippen molar-refractivity contribution in [2.24, 2.45) is 0 Å². The number of benzene rings is 2. The topological polar surface area (TPSA) is 58.6 Å². The summed E-state index contributed by atoms with van der Waals surface area (Å²) >= 11 is 1.67. The number of methoxy groups -OCH3 is 1. The summed E-state index contributed by atoms with van der Waals surface area (Å²) in [6.45, 7) is 2.98. The lowest BCUT2D eigenvalue weighted by Gasteiger charge is -2.22. The molecule has 1 amide bonds. The molecule has 3 aromatic rings. The summed E-state index contributed by atoms with van der Waals surface area (Å²) in [6.07, 6.45) is 0. The van der Waals surface area contributed by atoms with Crippen LogP contribution in [0.4, 0.5) is 5.69 Å². The minimum absolute atomic E-state index is 0.0309. The Bertz CT molecular complexity index is 970. The highest BCUT2D eigenvalue weighted by molar-refractivity contribution is 7.09. The molecule has 0 aliphatic heterocycles. The Kier molecular flexibility index (Phi) is 7.16. The molecule has 5 nitrogen and oxygen atoms in total. The molecule has 2 aromatic carbocycles. The normalized spacial score (nSPS) is 10.7. The van der Waals surface area contributed by atoms with Crippen LogP contribution in [0, 0.1) is 0 Å². The van der Waals surface area contributed by atoms with Gasteiger partial charge in [-0.25, -0.2) is 0 Å². The zero-order chi connectivity index (χ0) is 20.6. The number of nitrogens with one attached hydrogen (secondary N) is 1. The van der Waals surface area contributed by atoms with Crippen molar-refractivity contribution < 1.29 is 14.3 Å². The van der Waals surface area contributed by atoms with E-state index in [-0.39, 0.29) is 18.2 Å². The molecule has 1 N–H and O–H groups in total. The fourth-order valence-corrected chi connectivity index (χ4v) is 3.83. The summed E-state index contributed by atoms with van der Waals surface area (Å²) < 4.78 is 5.46. The van der Waals surface area contributed by atoms with E-state index in [9.17, 15) is 9.59 Å². The number of carbonyl (C=O) groups is 2. The largest absolute Gasteiger partial charge is 0.496 e. The van der Waals surface area contributed by atoms with Gasteiger partial charge in [0.2, 0.25) is 5.91 Å². The van der Waals surface area contributed by atoms with E-state index < -0.39 is 0 Å². The second kappa shape index (κ2) is 10.0. The molecular weight excluding hydrogens is 384 g/mol. The van der Waals surface area contributed by atoms with Gasteiger partial charge in [-0.3, -0.25) is 14.5 Å². The molecule has 0 bridgehead atoms. The van der Waals surface area contributed by atoms with Crippen LogP contribution in [0.15, 0.2) is 66.0 Å². The standard InChI is InChI=1S/C23H24N2O3S/c1-17(26)18-8-5-9-20(13-18)24-23(27)16-25(15-21-10-6-12-29-21)14-19-7-3-4-11-22(19)28-2/h3-13H,14-16H2,1-2H3,(H,24,27). The third-order valence-electron chi connectivity index (χ3n) is 4.47. The summed E-state index contributed by atoms with van der Waals surface area (Å²) in [5.74, 6) is 0.645. The molecular formula is C23H24N2O3S. The number of amides is 1. The van der Waals surface area contributed by atoms with E-state index in [1.54, 1.807) is 42.7 Å². The highest BCUT2D eigenvalue weighted by Gasteiger charge is 2.15. The van der Waals surface area contributed by atoms with E-state index in [2.05, 4.69) is 16.3 Å². The van der Waals surface area contributed by atoms with Gasteiger partial charge < -0.3 is 10.1 Å². The van der Waals surface area contributed by atoms with Crippen LogP contribution >= 0.6 is 11.3 Å². The van der Waals surface area contributed by atoms with Crippen molar-refractivity contribution in [1.82, 2.24) is 4.90 Å². The van der Waals surface area contributed by atoms with E-state index in [1.807, 2.05) is 35.7 Å². The van der Waals surface area contributed by atoms with E-state index in [4.69, 9.17) is 4.74 Å². The highest BCUT2D eigenvalue weighted by Crippen LogP contribution is 2.21. The second-order valence-electron chi connectivity index (χ2n) is 6.72. The maximum atomic E-state index is 12.7. The number of thiophene rings is 1. The maximum absolute atomic E-state index is 12.7. The molecule has 0 atom stereocenters. The number of hydrogen-bond donors (Lipinski definition) is 1. The number of carbonyl (C=O) groups excluding carboxylic acids is 2. The van der Waals surface area contributed by atoms with Crippen molar-refractivity contribution in [1.29, 1.82) is 0 Å². The summed E-state index contributed by atoms with van der Waals surface area (Å²) in [5, 5.41) is 4.93. The average molecular weight is 409 g/mol. The van der Waals surface area contributed by atoms with Gasteiger partial charge in [0.1, 0.15) is 5.75 Å². The number of anilines is 1. The van der Waals surface area contributed by atoms with Gasteiger partial charge in [0, 0.05) is 34.8 Å². The number of nitrogens with zero attached hydrogens (tertiary/aromatic N) is 1. The number of ether oxygens (including phenoxy) is 1. The lowest BCUT2D eigenvalue weighted by Crippen LogP contribution is -2.32. The molecule has 0 aliphatic carbocycles. The summed E-state index contributed by atoms with van der Waals surface area (Å²) in [4.78, 5) is 27.5. The fourth-order valence-electron chi connectivity index (χ4n) is 3.08. The minimum Gasteiger partial charge on any atom is -0.496 e. The van der Waals surface area contributed by atoms with E-state index >= 15 is 0 Å². The Morgan fingerprint density at radius 2 is 1.86 bits per heavy atom. The first kappa shape index (κ1) is 20.8. The van der Waals surface area contributed by atoms with Gasteiger partial charge >= 0.3 is 0 Å². The lowest BCUT2D eigenvalue weighted by atomic mass is 10.1.